The molecule has 1 amide bonds. The third-order valence-corrected chi connectivity index (χ3v) is 13.9. The van der Waals surface area contributed by atoms with E-state index in [-0.39, 0.29) is 12.5 Å². The molecule has 0 aromatic rings. The van der Waals surface area contributed by atoms with Crippen LogP contribution in [0.2, 0.25) is 0 Å². The van der Waals surface area contributed by atoms with E-state index in [1.54, 1.807) is 0 Å². The van der Waals surface area contributed by atoms with E-state index in [4.69, 9.17) is 9.47 Å². The largest absolute Gasteiger partial charge is 0.394 e. The number of unbranched alkanes of at least 4 members (excludes halogenated alkanes) is 37. The molecule has 65 heavy (non-hydrogen) atoms. The van der Waals surface area contributed by atoms with Crippen molar-refractivity contribution < 1.29 is 39.8 Å². The van der Waals surface area contributed by atoms with Crippen LogP contribution in [-0.4, -0.2) is 87.5 Å². The van der Waals surface area contributed by atoms with Crippen LogP contribution in [0.1, 0.15) is 284 Å². The molecule has 1 aliphatic rings. The molecular weight excluding hydrogens is 815 g/mol. The Kier molecular flexibility index (Phi) is 44.5. The second-order valence-electron chi connectivity index (χ2n) is 20.1. The van der Waals surface area contributed by atoms with E-state index >= 15 is 0 Å². The molecule has 1 rings (SSSR count). The Labute approximate surface area is 401 Å². The van der Waals surface area contributed by atoms with Crippen molar-refractivity contribution in [1.82, 2.24) is 5.32 Å². The molecule has 0 bridgehead atoms. The lowest BCUT2D eigenvalue weighted by Gasteiger charge is -2.40. The van der Waals surface area contributed by atoms with E-state index in [1.807, 2.05) is 0 Å². The van der Waals surface area contributed by atoms with Crippen molar-refractivity contribution in [2.45, 2.75) is 326 Å². The fourth-order valence-corrected chi connectivity index (χ4v) is 9.34. The smallest absolute Gasteiger partial charge is 0.220 e. The van der Waals surface area contributed by atoms with E-state index in [2.05, 4.69) is 31.3 Å². The van der Waals surface area contributed by atoms with E-state index in [0.29, 0.717) is 12.8 Å². The molecule has 0 aromatic carbocycles. The van der Waals surface area contributed by atoms with E-state index in [0.717, 1.165) is 38.5 Å². The topological polar surface area (TPSA) is 149 Å². The van der Waals surface area contributed by atoms with Gasteiger partial charge >= 0.3 is 0 Å². The highest BCUT2D eigenvalue weighted by molar-refractivity contribution is 5.76. The van der Waals surface area contributed by atoms with Gasteiger partial charge in [-0.25, -0.2) is 0 Å². The van der Waals surface area contributed by atoms with Gasteiger partial charge in [0.2, 0.25) is 5.91 Å². The van der Waals surface area contributed by atoms with Crippen LogP contribution in [-0.2, 0) is 14.3 Å². The Bertz CT molecular complexity index is 1030. The van der Waals surface area contributed by atoms with Crippen LogP contribution in [0.3, 0.4) is 0 Å². The minimum atomic E-state index is -1.55. The number of amides is 1. The zero-order valence-electron chi connectivity index (χ0n) is 42.8. The van der Waals surface area contributed by atoms with Gasteiger partial charge in [-0.15, -0.1) is 0 Å². The number of carbonyl (C=O) groups is 1. The second-order valence-corrected chi connectivity index (χ2v) is 20.1. The Morgan fingerprint density at radius 1 is 0.508 bits per heavy atom. The first-order valence-corrected chi connectivity index (χ1v) is 28.4. The fourth-order valence-electron chi connectivity index (χ4n) is 9.34. The Morgan fingerprint density at radius 3 is 1.25 bits per heavy atom. The van der Waals surface area contributed by atoms with Crippen LogP contribution in [0.5, 0.6) is 0 Å². The number of allylic oxidation sites excluding steroid dienone is 2. The lowest BCUT2D eigenvalue weighted by atomic mass is 9.99. The van der Waals surface area contributed by atoms with Gasteiger partial charge in [0.1, 0.15) is 24.4 Å². The molecule has 1 aliphatic heterocycles. The van der Waals surface area contributed by atoms with Crippen molar-refractivity contribution in [2.24, 2.45) is 0 Å². The van der Waals surface area contributed by atoms with Crippen molar-refractivity contribution in [1.29, 1.82) is 0 Å². The molecule has 7 unspecified atom stereocenters. The van der Waals surface area contributed by atoms with Crippen molar-refractivity contribution in [3.8, 4) is 0 Å². The normalized spacial score (nSPS) is 19.9. The molecule has 0 radical (unpaired) electrons. The van der Waals surface area contributed by atoms with Crippen molar-refractivity contribution >= 4 is 5.91 Å². The van der Waals surface area contributed by atoms with Gasteiger partial charge in [0, 0.05) is 6.42 Å². The number of ether oxygens (including phenoxy) is 2. The van der Waals surface area contributed by atoms with Crippen molar-refractivity contribution in [3.05, 3.63) is 12.2 Å². The first-order chi connectivity index (χ1) is 31.8. The summed E-state index contributed by atoms with van der Waals surface area (Å²) < 4.78 is 11.3. The summed E-state index contributed by atoms with van der Waals surface area (Å²) in [4.78, 5) is 13.1. The molecule has 7 atom stereocenters. The summed E-state index contributed by atoms with van der Waals surface area (Å²) in [5.74, 6) is -0.140. The average molecular weight is 924 g/mol. The first-order valence-electron chi connectivity index (χ1n) is 28.4. The van der Waals surface area contributed by atoms with Gasteiger partial charge in [0.05, 0.1) is 25.4 Å². The molecule has 0 spiro atoms. The number of hydrogen-bond acceptors (Lipinski definition) is 8. The van der Waals surface area contributed by atoms with Gasteiger partial charge in [-0.2, -0.15) is 0 Å². The average Bonchev–Trinajstić information content (AvgIpc) is 3.31. The number of nitrogens with one attached hydrogen (secondary N) is 1. The van der Waals surface area contributed by atoms with E-state index in [9.17, 15) is 30.3 Å². The van der Waals surface area contributed by atoms with E-state index < -0.39 is 49.5 Å². The predicted molar refractivity (Wildman–Crippen MR) is 272 cm³/mol. The molecule has 0 aromatic heterocycles. The summed E-state index contributed by atoms with van der Waals surface area (Å²) in [7, 11) is 0. The van der Waals surface area contributed by atoms with Crippen LogP contribution in [0.4, 0.5) is 0 Å². The van der Waals surface area contributed by atoms with Crippen LogP contribution >= 0.6 is 0 Å². The zero-order chi connectivity index (χ0) is 47.3. The maximum absolute atomic E-state index is 13.1. The van der Waals surface area contributed by atoms with E-state index in [1.165, 1.54) is 218 Å². The molecule has 9 heteroatoms. The first kappa shape index (κ1) is 61.9. The molecule has 9 nitrogen and oxygen atoms in total. The maximum Gasteiger partial charge on any atom is 0.220 e. The number of aliphatic hydroxyl groups is 5. The van der Waals surface area contributed by atoms with Gasteiger partial charge in [-0.05, 0) is 38.5 Å². The van der Waals surface area contributed by atoms with Gasteiger partial charge < -0.3 is 40.3 Å². The zero-order valence-corrected chi connectivity index (χ0v) is 42.8. The quantitative estimate of drug-likeness (QED) is 0.0261. The van der Waals surface area contributed by atoms with Crippen LogP contribution in [0.15, 0.2) is 12.2 Å². The molecule has 1 fully saturated rings. The van der Waals surface area contributed by atoms with Gasteiger partial charge in [-0.1, -0.05) is 251 Å². The summed E-state index contributed by atoms with van der Waals surface area (Å²) in [6, 6.07) is -0.716. The van der Waals surface area contributed by atoms with Gasteiger partial charge in [0.15, 0.2) is 6.29 Å². The molecule has 1 saturated heterocycles. The molecular formula is C56H109NO8. The SMILES string of the molecule is CCCCCCCCCC/C=C\CCCCCCCCCCCCCC(=O)NC(COC1OC(CO)C(O)C(O)C1O)C(O)CCCCCCCCCCCCCCCCCCCCC. The summed E-state index contributed by atoms with van der Waals surface area (Å²) in [5.41, 5.74) is 0. The molecule has 1 heterocycles. The summed E-state index contributed by atoms with van der Waals surface area (Å²) in [5, 5.41) is 54.7. The highest BCUT2D eigenvalue weighted by atomic mass is 16.7. The fraction of sp³-hybridized carbons (Fsp3) is 0.946. The predicted octanol–water partition coefficient (Wildman–Crippen LogP) is 13.6. The van der Waals surface area contributed by atoms with Crippen LogP contribution in [0, 0.1) is 0 Å². The minimum Gasteiger partial charge on any atom is -0.394 e. The number of carbonyl (C=O) groups excluding carboxylic acids is 1. The Balaban J connectivity index is 2.21. The summed E-state index contributed by atoms with van der Waals surface area (Å²) in [6.07, 6.45) is 49.4. The number of aliphatic hydroxyl groups excluding tert-OH is 5. The van der Waals surface area contributed by atoms with Crippen molar-refractivity contribution in [3.63, 3.8) is 0 Å². The lowest BCUT2D eigenvalue weighted by Crippen LogP contribution is -2.60. The number of rotatable bonds is 49. The monoisotopic (exact) mass is 924 g/mol. The third kappa shape index (κ3) is 36.6. The Morgan fingerprint density at radius 2 is 0.862 bits per heavy atom. The van der Waals surface area contributed by atoms with Crippen molar-refractivity contribution in [2.75, 3.05) is 13.2 Å². The van der Waals surface area contributed by atoms with Gasteiger partial charge in [0.25, 0.3) is 0 Å². The second kappa shape index (κ2) is 46.6. The van der Waals surface area contributed by atoms with Crippen LogP contribution < -0.4 is 5.32 Å². The Hall–Kier alpha value is -1.07. The molecule has 0 aliphatic carbocycles. The maximum atomic E-state index is 13.1. The molecule has 6 N–H and O–H groups in total. The number of hydrogen-bond donors (Lipinski definition) is 6. The summed E-state index contributed by atoms with van der Waals surface area (Å²) in [6.45, 7) is 3.87. The standard InChI is InChI=1S/C56H109NO8/c1-3-5-7-9-11-13-15-17-19-21-23-24-25-26-28-30-32-34-36-38-40-42-44-46-52(60)57-49(48-64-56-55(63)54(62)53(61)51(47-58)65-56)50(59)45-43-41-39-37-35-33-31-29-27-22-20-18-16-14-12-10-8-6-4-2/h21,23,49-51,53-56,58-59,61-63H,3-20,22,24-48H2,1-2H3,(H,57,60)/b23-21-. The highest BCUT2D eigenvalue weighted by Gasteiger charge is 2.44. The third-order valence-electron chi connectivity index (χ3n) is 13.9. The highest BCUT2D eigenvalue weighted by Crippen LogP contribution is 2.23. The minimum absolute atomic E-state index is 0.134. The summed E-state index contributed by atoms with van der Waals surface area (Å²) >= 11 is 0. The lowest BCUT2D eigenvalue weighted by molar-refractivity contribution is -0.302. The molecule has 0 saturated carbocycles. The molecule has 386 valence electrons. The van der Waals surface area contributed by atoms with Crippen LogP contribution in [0.25, 0.3) is 0 Å². The van der Waals surface area contributed by atoms with Gasteiger partial charge in [-0.3, -0.25) is 4.79 Å².